The number of carbonyl (C=O) groups excluding carboxylic acids is 2. The van der Waals surface area contributed by atoms with Gasteiger partial charge in [-0.05, 0) is 42.5 Å². The highest BCUT2D eigenvalue weighted by Gasteiger charge is 2.13. The molecule has 0 aromatic heterocycles. The smallest absolute Gasteiger partial charge is 0.287 e. The van der Waals surface area contributed by atoms with Crippen LogP contribution in [0.3, 0.4) is 0 Å². The number of amidine groups is 1. The number of aliphatic hydroxyl groups excluding tert-OH is 1. The number of carbonyl (C=O) groups is 2. The second-order valence-corrected chi connectivity index (χ2v) is 8.84. The topological polar surface area (TPSA) is 90.8 Å². The Labute approximate surface area is 189 Å². The number of hydrogen-bond acceptors (Lipinski definition) is 6. The normalized spacial score (nSPS) is 11.4. The molecule has 0 radical (unpaired) electrons. The summed E-state index contributed by atoms with van der Waals surface area (Å²) >= 11 is 3.53. The second kappa shape index (κ2) is 17.2. The Morgan fingerprint density at radius 1 is 1.07 bits per heavy atom. The van der Waals surface area contributed by atoms with Crippen molar-refractivity contribution in [3.63, 3.8) is 0 Å². The summed E-state index contributed by atoms with van der Waals surface area (Å²) < 4.78 is 0. The standard InChI is InChI=1S/C22H35N3O3S2/c1-3-4-5-6-15-30-16-13-24-22(29-2)25-19-10-8-18(9-11-19)17-20(27)21(28)23-12-7-14-26/h8-11,26H,3-7,12-17H2,1-2H3,(H,23,28)(H,24,25). The Morgan fingerprint density at radius 3 is 2.50 bits per heavy atom. The molecule has 1 amide bonds. The minimum Gasteiger partial charge on any atom is -0.396 e. The van der Waals surface area contributed by atoms with Crippen LogP contribution in [0.5, 0.6) is 0 Å². The third kappa shape index (κ3) is 12.2. The fraction of sp³-hybridized carbons (Fsp3) is 0.591. The van der Waals surface area contributed by atoms with Gasteiger partial charge in [0.2, 0.25) is 5.78 Å². The Morgan fingerprint density at radius 2 is 1.83 bits per heavy atom. The number of unbranched alkanes of at least 4 members (excludes halogenated alkanes) is 3. The summed E-state index contributed by atoms with van der Waals surface area (Å²) in [6.07, 6.45) is 7.70. The zero-order chi connectivity index (χ0) is 22.0. The van der Waals surface area contributed by atoms with Crippen LogP contribution in [0.15, 0.2) is 29.3 Å². The van der Waals surface area contributed by atoms with Gasteiger partial charge >= 0.3 is 0 Å². The van der Waals surface area contributed by atoms with E-state index in [4.69, 9.17) is 5.11 Å². The number of amides is 1. The number of anilines is 1. The molecular weight excluding hydrogens is 418 g/mol. The zero-order valence-electron chi connectivity index (χ0n) is 18.1. The van der Waals surface area contributed by atoms with E-state index in [9.17, 15) is 9.59 Å². The molecule has 0 fully saturated rings. The Hall–Kier alpha value is -1.51. The van der Waals surface area contributed by atoms with Crippen LogP contribution in [-0.4, -0.2) is 59.4 Å². The van der Waals surface area contributed by atoms with E-state index in [1.54, 1.807) is 11.8 Å². The number of nitrogens with one attached hydrogen (secondary N) is 2. The van der Waals surface area contributed by atoms with Gasteiger partial charge in [-0.2, -0.15) is 11.8 Å². The Kier molecular flexibility index (Phi) is 15.2. The van der Waals surface area contributed by atoms with Crippen molar-refractivity contribution in [2.24, 2.45) is 4.99 Å². The Balaban J connectivity index is 2.38. The number of nitrogens with zero attached hydrogens (tertiary/aromatic N) is 1. The molecule has 1 rings (SSSR count). The van der Waals surface area contributed by atoms with Crippen LogP contribution in [0, 0.1) is 0 Å². The molecule has 0 aliphatic carbocycles. The molecule has 0 aliphatic rings. The molecule has 1 aromatic carbocycles. The van der Waals surface area contributed by atoms with E-state index < -0.39 is 11.7 Å². The van der Waals surface area contributed by atoms with Crippen LogP contribution in [0.2, 0.25) is 0 Å². The summed E-state index contributed by atoms with van der Waals surface area (Å²) in [7, 11) is 0. The molecule has 0 spiro atoms. The van der Waals surface area contributed by atoms with Gasteiger partial charge in [-0.1, -0.05) is 50.1 Å². The van der Waals surface area contributed by atoms with Gasteiger partial charge in [0.25, 0.3) is 5.91 Å². The minimum atomic E-state index is -0.606. The molecule has 8 heteroatoms. The quantitative estimate of drug-likeness (QED) is 0.162. The van der Waals surface area contributed by atoms with Crippen molar-refractivity contribution in [2.45, 2.75) is 45.4 Å². The number of aliphatic imine (C=N–C) groups is 1. The fourth-order valence-corrected chi connectivity index (χ4v) is 3.85. The van der Waals surface area contributed by atoms with Gasteiger partial charge in [-0.25, -0.2) is 0 Å². The van der Waals surface area contributed by atoms with E-state index >= 15 is 0 Å². The van der Waals surface area contributed by atoms with Crippen molar-refractivity contribution in [3.8, 4) is 0 Å². The van der Waals surface area contributed by atoms with E-state index in [1.807, 2.05) is 42.3 Å². The molecule has 30 heavy (non-hydrogen) atoms. The van der Waals surface area contributed by atoms with E-state index in [0.29, 0.717) is 13.0 Å². The summed E-state index contributed by atoms with van der Waals surface area (Å²) in [6.45, 7) is 3.31. The Bertz CT molecular complexity index is 652. The average Bonchev–Trinajstić information content (AvgIpc) is 2.76. The van der Waals surface area contributed by atoms with Crippen LogP contribution in [0.4, 0.5) is 5.69 Å². The van der Waals surface area contributed by atoms with Gasteiger partial charge in [-0.3, -0.25) is 14.6 Å². The van der Waals surface area contributed by atoms with Gasteiger partial charge < -0.3 is 15.7 Å². The maximum Gasteiger partial charge on any atom is 0.287 e. The molecule has 0 aliphatic heterocycles. The first-order chi connectivity index (χ1) is 14.6. The monoisotopic (exact) mass is 453 g/mol. The predicted octanol–water partition coefficient (Wildman–Crippen LogP) is 3.74. The molecule has 168 valence electrons. The lowest BCUT2D eigenvalue weighted by Crippen LogP contribution is -2.33. The summed E-state index contributed by atoms with van der Waals surface area (Å²) in [5.41, 5.74) is 1.68. The molecule has 6 nitrogen and oxygen atoms in total. The predicted molar refractivity (Wildman–Crippen MR) is 131 cm³/mol. The minimum absolute atomic E-state index is 0.0118. The molecule has 0 saturated heterocycles. The van der Waals surface area contributed by atoms with Crippen molar-refractivity contribution < 1.29 is 14.7 Å². The summed E-state index contributed by atoms with van der Waals surface area (Å²) in [5, 5.41) is 15.4. The maximum atomic E-state index is 11.9. The SMILES string of the molecule is CCCCCCSCCN=C(Nc1ccc(CC(=O)C(=O)NCCCO)cc1)SC. The van der Waals surface area contributed by atoms with Crippen molar-refractivity contribution in [1.82, 2.24) is 5.32 Å². The van der Waals surface area contributed by atoms with Crippen LogP contribution in [-0.2, 0) is 16.0 Å². The number of hydrogen-bond donors (Lipinski definition) is 3. The molecule has 0 bridgehead atoms. The van der Waals surface area contributed by atoms with Crippen molar-refractivity contribution >= 4 is 46.1 Å². The van der Waals surface area contributed by atoms with Gasteiger partial charge in [0, 0.05) is 31.0 Å². The molecule has 3 N–H and O–H groups in total. The highest BCUT2D eigenvalue weighted by Crippen LogP contribution is 2.13. The average molecular weight is 454 g/mol. The van der Waals surface area contributed by atoms with Gasteiger partial charge in [-0.15, -0.1) is 0 Å². The first-order valence-corrected chi connectivity index (χ1v) is 12.9. The van der Waals surface area contributed by atoms with Crippen LogP contribution < -0.4 is 10.6 Å². The number of thioether (sulfide) groups is 2. The molecule has 0 atom stereocenters. The number of rotatable bonds is 15. The van der Waals surface area contributed by atoms with E-state index in [1.165, 1.54) is 31.4 Å². The summed E-state index contributed by atoms with van der Waals surface area (Å²) in [6, 6.07) is 7.46. The van der Waals surface area contributed by atoms with E-state index in [0.717, 1.165) is 28.7 Å². The van der Waals surface area contributed by atoms with Gasteiger partial charge in [0.1, 0.15) is 0 Å². The lowest BCUT2D eigenvalue weighted by molar-refractivity contribution is -0.137. The summed E-state index contributed by atoms with van der Waals surface area (Å²) in [4.78, 5) is 28.3. The maximum absolute atomic E-state index is 11.9. The highest BCUT2D eigenvalue weighted by atomic mass is 32.2. The summed E-state index contributed by atoms with van der Waals surface area (Å²) in [5.74, 6) is 1.15. The molecule has 1 aromatic rings. The number of benzene rings is 1. The van der Waals surface area contributed by atoms with Crippen molar-refractivity contribution in [3.05, 3.63) is 29.8 Å². The second-order valence-electron chi connectivity index (χ2n) is 6.82. The first kappa shape index (κ1) is 26.5. The lowest BCUT2D eigenvalue weighted by Gasteiger charge is -2.09. The fourth-order valence-electron chi connectivity index (χ4n) is 2.57. The van der Waals surface area contributed by atoms with Crippen molar-refractivity contribution in [2.75, 3.05) is 42.8 Å². The van der Waals surface area contributed by atoms with Gasteiger partial charge in [0.05, 0.1) is 6.54 Å². The van der Waals surface area contributed by atoms with Crippen LogP contribution in [0.25, 0.3) is 0 Å². The molecule has 0 saturated carbocycles. The third-order valence-electron chi connectivity index (χ3n) is 4.27. The van der Waals surface area contributed by atoms with Crippen molar-refractivity contribution in [1.29, 1.82) is 0 Å². The number of ketones is 1. The number of Topliss-reactive ketones (excluding diaryl/α,β-unsaturated/α-hetero) is 1. The van der Waals surface area contributed by atoms with Crippen LogP contribution >= 0.6 is 23.5 Å². The number of aliphatic hydroxyl groups is 1. The van der Waals surface area contributed by atoms with Gasteiger partial charge in [0.15, 0.2) is 5.17 Å². The van der Waals surface area contributed by atoms with E-state index in [2.05, 4.69) is 22.5 Å². The largest absolute Gasteiger partial charge is 0.396 e. The third-order valence-corrected chi connectivity index (χ3v) is 5.94. The van der Waals surface area contributed by atoms with Crippen LogP contribution in [0.1, 0.15) is 44.6 Å². The van der Waals surface area contributed by atoms with E-state index in [-0.39, 0.29) is 13.0 Å². The lowest BCUT2D eigenvalue weighted by atomic mass is 10.1. The zero-order valence-corrected chi connectivity index (χ0v) is 19.7. The first-order valence-electron chi connectivity index (χ1n) is 10.5. The molecular formula is C22H35N3O3S2. The molecule has 0 unspecified atom stereocenters. The molecule has 0 heterocycles. The highest BCUT2D eigenvalue weighted by molar-refractivity contribution is 8.13.